The molecule has 2 N–H and O–H groups in total. The number of benzene rings is 1. The summed E-state index contributed by atoms with van der Waals surface area (Å²) in [7, 11) is 1.56. The van der Waals surface area contributed by atoms with E-state index in [4.69, 9.17) is 9.47 Å². The molecule has 1 heterocycles. The molecule has 1 aromatic carbocycles. The van der Waals surface area contributed by atoms with Crippen LogP contribution in [-0.2, 0) is 0 Å². The van der Waals surface area contributed by atoms with Gasteiger partial charge in [-0.25, -0.2) is 4.79 Å². The minimum atomic E-state index is -0.974. The molecule has 0 saturated carbocycles. The normalized spacial score (nSPS) is 23.6. The Kier molecular flexibility index (Phi) is 5.81. The highest BCUT2D eigenvalue weighted by atomic mass is 16.5. The molecule has 25 heavy (non-hydrogen) atoms. The van der Waals surface area contributed by atoms with Crippen molar-refractivity contribution in [3.05, 3.63) is 23.8 Å². The van der Waals surface area contributed by atoms with Crippen LogP contribution in [0.4, 0.5) is 4.79 Å². The molecule has 2 rings (SSSR count). The van der Waals surface area contributed by atoms with E-state index in [1.165, 1.54) is 4.90 Å². The van der Waals surface area contributed by atoms with Crippen molar-refractivity contribution >= 4 is 6.09 Å². The number of hydrogen-bond acceptors (Lipinski definition) is 4. The first-order chi connectivity index (χ1) is 11.8. The molecular formula is C19H25NO5. The van der Waals surface area contributed by atoms with E-state index in [2.05, 4.69) is 11.8 Å². The van der Waals surface area contributed by atoms with Gasteiger partial charge in [-0.2, -0.15) is 0 Å². The third kappa shape index (κ3) is 3.83. The predicted octanol–water partition coefficient (Wildman–Crippen LogP) is 2.56. The first kappa shape index (κ1) is 18.9. The Labute approximate surface area is 148 Å². The van der Waals surface area contributed by atoms with Crippen molar-refractivity contribution in [1.29, 1.82) is 0 Å². The number of nitrogens with zero attached hydrogens (tertiary/aromatic N) is 1. The maximum absolute atomic E-state index is 11.4. The van der Waals surface area contributed by atoms with Crippen LogP contribution in [0.3, 0.4) is 0 Å². The van der Waals surface area contributed by atoms with Gasteiger partial charge in [0, 0.05) is 24.4 Å². The van der Waals surface area contributed by atoms with Gasteiger partial charge in [0.25, 0.3) is 0 Å². The Bertz CT molecular complexity index is 691. The lowest BCUT2D eigenvalue weighted by atomic mass is 9.72. The number of hydrogen-bond donors (Lipinski definition) is 2. The van der Waals surface area contributed by atoms with Crippen LogP contribution in [0.15, 0.2) is 18.2 Å². The number of amides is 1. The largest absolute Gasteiger partial charge is 0.493 e. The number of carbonyl (C=O) groups is 1. The van der Waals surface area contributed by atoms with Gasteiger partial charge in [0.2, 0.25) is 0 Å². The summed E-state index contributed by atoms with van der Waals surface area (Å²) in [6.07, 6.45) is -1.63. The zero-order chi connectivity index (χ0) is 18.6. The predicted molar refractivity (Wildman–Crippen MR) is 94.1 cm³/mol. The summed E-state index contributed by atoms with van der Waals surface area (Å²) in [5, 5.41) is 19.6. The van der Waals surface area contributed by atoms with Gasteiger partial charge >= 0.3 is 6.09 Å². The molecule has 1 amide bonds. The average molecular weight is 347 g/mol. The van der Waals surface area contributed by atoms with Crippen molar-refractivity contribution in [1.82, 2.24) is 4.90 Å². The SMILES string of the molecule is CC#CCOc1cc(C2CN(C(=O)O)CC2(C)C(C)O)ccc1OC. The highest BCUT2D eigenvalue weighted by Gasteiger charge is 2.48. The monoisotopic (exact) mass is 347 g/mol. The molecule has 0 radical (unpaired) electrons. The zero-order valence-electron chi connectivity index (χ0n) is 15.1. The summed E-state index contributed by atoms with van der Waals surface area (Å²) >= 11 is 0. The number of aliphatic hydroxyl groups excluding tert-OH is 1. The summed E-state index contributed by atoms with van der Waals surface area (Å²) in [5.74, 6) is 6.62. The zero-order valence-corrected chi connectivity index (χ0v) is 15.1. The van der Waals surface area contributed by atoms with Crippen LogP contribution < -0.4 is 9.47 Å². The van der Waals surface area contributed by atoms with Gasteiger partial charge in [0.05, 0.1) is 13.2 Å². The van der Waals surface area contributed by atoms with Gasteiger partial charge in [-0.05, 0) is 31.5 Å². The van der Waals surface area contributed by atoms with E-state index in [0.29, 0.717) is 18.0 Å². The van der Waals surface area contributed by atoms with Crippen LogP contribution in [0.25, 0.3) is 0 Å². The van der Waals surface area contributed by atoms with Crippen LogP contribution in [0.5, 0.6) is 11.5 Å². The molecule has 3 unspecified atom stereocenters. The van der Waals surface area contributed by atoms with E-state index in [1.54, 1.807) is 27.0 Å². The molecule has 1 aromatic rings. The van der Waals surface area contributed by atoms with E-state index in [0.717, 1.165) is 5.56 Å². The Morgan fingerprint density at radius 1 is 1.48 bits per heavy atom. The quantitative estimate of drug-likeness (QED) is 0.800. The molecule has 6 nitrogen and oxygen atoms in total. The lowest BCUT2D eigenvalue weighted by molar-refractivity contribution is 0.0481. The van der Waals surface area contributed by atoms with Gasteiger partial charge in [0.1, 0.15) is 6.61 Å². The standard InChI is InChI=1S/C19H25NO5/c1-5-6-9-25-17-10-14(7-8-16(17)24-4)15-11-20(18(22)23)12-19(15,3)13(2)21/h7-8,10,13,15,21H,9,11-12H2,1-4H3,(H,22,23). The molecule has 1 fully saturated rings. The summed E-state index contributed by atoms with van der Waals surface area (Å²) in [4.78, 5) is 12.8. The van der Waals surface area contributed by atoms with Crippen LogP contribution in [-0.4, -0.2) is 54.1 Å². The van der Waals surface area contributed by atoms with E-state index in [1.807, 2.05) is 19.1 Å². The second kappa shape index (κ2) is 7.66. The minimum absolute atomic E-state index is 0.144. The fourth-order valence-corrected chi connectivity index (χ4v) is 3.28. The molecule has 0 aromatic heterocycles. The maximum Gasteiger partial charge on any atom is 0.407 e. The first-order valence-electron chi connectivity index (χ1n) is 8.19. The maximum atomic E-state index is 11.4. The molecule has 0 aliphatic carbocycles. The molecule has 0 spiro atoms. The molecular weight excluding hydrogens is 322 g/mol. The van der Waals surface area contributed by atoms with E-state index in [-0.39, 0.29) is 19.1 Å². The van der Waals surface area contributed by atoms with Crippen molar-refractivity contribution in [2.45, 2.75) is 32.8 Å². The van der Waals surface area contributed by atoms with Crippen molar-refractivity contribution < 1.29 is 24.5 Å². The summed E-state index contributed by atoms with van der Waals surface area (Å²) in [5.41, 5.74) is 0.334. The van der Waals surface area contributed by atoms with Crippen molar-refractivity contribution in [2.75, 3.05) is 26.8 Å². The Morgan fingerprint density at radius 3 is 2.76 bits per heavy atom. The molecule has 1 aliphatic heterocycles. The minimum Gasteiger partial charge on any atom is -0.493 e. The average Bonchev–Trinajstić information content (AvgIpc) is 2.94. The summed E-state index contributed by atoms with van der Waals surface area (Å²) < 4.78 is 11.0. The highest BCUT2D eigenvalue weighted by molar-refractivity contribution is 5.66. The summed E-state index contributed by atoms with van der Waals surface area (Å²) in [6, 6.07) is 5.55. The molecule has 6 heteroatoms. The Balaban J connectivity index is 2.38. The molecule has 136 valence electrons. The third-order valence-corrected chi connectivity index (χ3v) is 5.02. The van der Waals surface area contributed by atoms with Crippen molar-refractivity contribution in [3.63, 3.8) is 0 Å². The van der Waals surface area contributed by atoms with E-state index < -0.39 is 17.6 Å². The van der Waals surface area contributed by atoms with Gasteiger partial charge < -0.3 is 24.6 Å². The Hall–Kier alpha value is -2.39. The number of aliphatic hydroxyl groups is 1. The van der Waals surface area contributed by atoms with Crippen LogP contribution >= 0.6 is 0 Å². The highest BCUT2D eigenvalue weighted by Crippen LogP contribution is 2.46. The second-order valence-corrected chi connectivity index (χ2v) is 6.52. The smallest absolute Gasteiger partial charge is 0.407 e. The number of carboxylic acid groups (broad SMARTS) is 1. The molecule has 3 atom stereocenters. The molecule has 1 aliphatic rings. The fraction of sp³-hybridized carbons (Fsp3) is 0.526. The van der Waals surface area contributed by atoms with Crippen LogP contribution in [0.2, 0.25) is 0 Å². The molecule has 1 saturated heterocycles. The van der Waals surface area contributed by atoms with Gasteiger partial charge in [0.15, 0.2) is 11.5 Å². The lowest BCUT2D eigenvalue weighted by Gasteiger charge is -2.33. The van der Waals surface area contributed by atoms with Gasteiger partial charge in [-0.15, -0.1) is 5.92 Å². The first-order valence-corrected chi connectivity index (χ1v) is 8.19. The lowest BCUT2D eigenvalue weighted by Crippen LogP contribution is -2.37. The fourth-order valence-electron chi connectivity index (χ4n) is 3.28. The Morgan fingerprint density at radius 2 is 2.20 bits per heavy atom. The van der Waals surface area contributed by atoms with Crippen LogP contribution in [0, 0.1) is 17.3 Å². The number of ether oxygens (including phenoxy) is 2. The number of methoxy groups -OCH3 is 1. The number of rotatable bonds is 5. The topological polar surface area (TPSA) is 79.2 Å². The second-order valence-electron chi connectivity index (χ2n) is 6.52. The van der Waals surface area contributed by atoms with Crippen molar-refractivity contribution in [3.8, 4) is 23.3 Å². The van der Waals surface area contributed by atoms with Crippen molar-refractivity contribution in [2.24, 2.45) is 5.41 Å². The van der Waals surface area contributed by atoms with Gasteiger partial charge in [-0.1, -0.05) is 18.9 Å². The summed E-state index contributed by atoms with van der Waals surface area (Å²) in [6.45, 7) is 6.22. The van der Waals surface area contributed by atoms with E-state index in [9.17, 15) is 15.0 Å². The third-order valence-electron chi connectivity index (χ3n) is 5.02. The van der Waals surface area contributed by atoms with Crippen LogP contribution in [0.1, 0.15) is 32.3 Å². The van der Waals surface area contributed by atoms with Gasteiger partial charge in [-0.3, -0.25) is 0 Å². The molecule has 0 bridgehead atoms. The van der Waals surface area contributed by atoms with E-state index >= 15 is 0 Å². The number of likely N-dealkylation sites (tertiary alicyclic amines) is 1.